The molecular formula is C19H24N2O3S. The van der Waals surface area contributed by atoms with Crippen LogP contribution < -0.4 is 9.62 Å². The van der Waals surface area contributed by atoms with E-state index in [2.05, 4.69) is 5.32 Å². The van der Waals surface area contributed by atoms with Crippen molar-refractivity contribution in [2.45, 2.75) is 27.7 Å². The monoisotopic (exact) mass is 360 g/mol. The molecule has 0 radical (unpaired) electrons. The van der Waals surface area contributed by atoms with E-state index in [0.717, 1.165) is 32.8 Å². The highest BCUT2D eigenvalue weighted by Crippen LogP contribution is 2.23. The molecule has 0 aliphatic carbocycles. The van der Waals surface area contributed by atoms with Gasteiger partial charge in [0.05, 0.1) is 11.9 Å². The van der Waals surface area contributed by atoms with Crippen molar-refractivity contribution in [2.75, 3.05) is 22.4 Å². The van der Waals surface area contributed by atoms with Gasteiger partial charge in [-0.1, -0.05) is 23.8 Å². The van der Waals surface area contributed by atoms with Crippen LogP contribution in [0.2, 0.25) is 0 Å². The molecule has 134 valence electrons. The Morgan fingerprint density at radius 3 is 2.20 bits per heavy atom. The summed E-state index contributed by atoms with van der Waals surface area (Å²) in [4.78, 5) is 12.4. The molecule has 1 N–H and O–H groups in total. The second kappa shape index (κ2) is 7.27. The largest absolute Gasteiger partial charge is 0.325 e. The molecule has 0 bridgehead atoms. The van der Waals surface area contributed by atoms with Gasteiger partial charge in [0.25, 0.3) is 0 Å². The molecule has 0 atom stereocenters. The SMILES string of the molecule is Cc1ccc(N(CC(=O)Nc2ccc(C)c(C)c2)S(C)(=O)=O)c(C)c1. The number of aryl methyl sites for hydroxylation is 4. The highest BCUT2D eigenvalue weighted by atomic mass is 32.2. The quantitative estimate of drug-likeness (QED) is 0.889. The average molecular weight is 360 g/mol. The number of nitrogens with one attached hydrogen (secondary N) is 1. The summed E-state index contributed by atoms with van der Waals surface area (Å²) in [6.45, 7) is 7.46. The van der Waals surface area contributed by atoms with Gasteiger partial charge in [0, 0.05) is 5.69 Å². The Hall–Kier alpha value is -2.34. The third-order valence-corrected chi connectivity index (χ3v) is 5.23. The zero-order chi connectivity index (χ0) is 18.8. The lowest BCUT2D eigenvalue weighted by atomic mass is 10.1. The van der Waals surface area contributed by atoms with Gasteiger partial charge in [-0.25, -0.2) is 8.42 Å². The molecular weight excluding hydrogens is 336 g/mol. The Bertz CT molecular complexity index is 905. The van der Waals surface area contributed by atoms with Gasteiger partial charge in [-0.05, 0) is 62.6 Å². The fraction of sp³-hybridized carbons (Fsp3) is 0.316. The number of hydrogen-bond donors (Lipinski definition) is 1. The van der Waals surface area contributed by atoms with Crippen LogP contribution >= 0.6 is 0 Å². The van der Waals surface area contributed by atoms with Crippen molar-refractivity contribution in [2.24, 2.45) is 0 Å². The molecule has 2 aromatic rings. The van der Waals surface area contributed by atoms with Crippen molar-refractivity contribution < 1.29 is 13.2 Å². The van der Waals surface area contributed by atoms with Gasteiger partial charge in [-0.2, -0.15) is 0 Å². The van der Waals surface area contributed by atoms with Crippen LogP contribution in [0.1, 0.15) is 22.3 Å². The van der Waals surface area contributed by atoms with Gasteiger partial charge in [0.15, 0.2) is 0 Å². The minimum atomic E-state index is -3.58. The first-order valence-corrected chi connectivity index (χ1v) is 9.85. The fourth-order valence-corrected chi connectivity index (χ4v) is 3.53. The van der Waals surface area contributed by atoms with E-state index in [1.54, 1.807) is 6.07 Å². The van der Waals surface area contributed by atoms with E-state index in [-0.39, 0.29) is 12.5 Å². The zero-order valence-corrected chi connectivity index (χ0v) is 16.1. The first-order valence-electron chi connectivity index (χ1n) is 8.00. The predicted molar refractivity (Wildman–Crippen MR) is 103 cm³/mol. The minimum absolute atomic E-state index is 0.268. The Morgan fingerprint density at radius 2 is 1.64 bits per heavy atom. The van der Waals surface area contributed by atoms with Crippen molar-refractivity contribution in [1.29, 1.82) is 0 Å². The molecule has 6 heteroatoms. The van der Waals surface area contributed by atoms with E-state index in [1.807, 2.05) is 58.0 Å². The summed E-state index contributed by atoms with van der Waals surface area (Å²) in [5, 5.41) is 2.77. The molecule has 0 aliphatic rings. The summed E-state index contributed by atoms with van der Waals surface area (Å²) >= 11 is 0. The van der Waals surface area contributed by atoms with E-state index in [4.69, 9.17) is 0 Å². The van der Waals surface area contributed by atoms with E-state index in [0.29, 0.717) is 11.4 Å². The predicted octanol–water partition coefficient (Wildman–Crippen LogP) is 3.32. The zero-order valence-electron chi connectivity index (χ0n) is 15.3. The maximum atomic E-state index is 12.4. The number of rotatable bonds is 5. The van der Waals surface area contributed by atoms with Crippen LogP contribution in [0.5, 0.6) is 0 Å². The van der Waals surface area contributed by atoms with Gasteiger partial charge in [0.2, 0.25) is 15.9 Å². The number of sulfonamides is 1. The molecule has 25 heavy (non-hydrogen) atoms. The summed E-state index contributed by atoms with van der Waals surface area (Å²) in [6.07, 6.45) is 1.11. The Balaban J connectivity index is 2.25. The third kappa shape index (κ3) is 4.82. The number of anilines is 2. The summed E-state index contributed by atoms with van der Waals surface area (Å²) in [7, 11) is -3.58. The number of nitrogens with zero attached hydrogens (tertiary/aromatic N) is 1. The number of amides is 1. The maximum absolute atomic E-state index is 12.4. The molecule has 0 aliphatic heterocycles. The highest BCUT2D eigenvalue weighted by molar-refractivity contribution is 7.92. The molecule has 0 spiro atoms. The van der Waals surface area contributed by atoms with Gasteiger partial charge in [-0.15, -0.1) is 0 Å². The standard InChI is InChI=1S/C19H24N2O3S/c1-13-6-9-18(16(4)10-13)21(25(5,23)24)12-19(22)20-17-8-7-14(2)15(3)11-17/h6-11H,12H2,1-5H3,(H,20,22). The molecule has 0 saturated heterocycles. The first kappa shape index (κ1) is 19.0. The molecule has 0 unspecified atom stereocenters. The van der Waals surface area contributed by atoms with E-state index in [9.17, 15) is 13.2 Å². The smallest absolute Gasteiger partial charge is 0.245 e. The molecule has 0 aromatic heterocycles. The Kier molecular flexibility index (Phi) is 5.52. The third-order valence-electron chi connectivity index (χ3n) is 4.10. The molecule has 0 saturated carbocycles. The number of benzene rings is 2. The lowest BCUT2D eigenvalue weighted by Gasteiger charge is -2.24. The van der Waals surface area contributed by atoms with Crippen LogP contribution in [0.4, 0.5) is 11.4 Å². The van der Waals surface area contributed by atoms with Crippen molar-refractivity contribution in [3.63, 3.8) is 0 Å². The van der Waals surface area contributed by atoms with Gasteiger partial charge in [0.1, 0.15) is 6.54 Å². The van der Waals surface area contributed by atoms with Crippen LogP contribution in [0.3, 0.4) is 0 Å². The normalized spacial score (nSPS) is 11.2. The highest BCUT2D eigenvalue weighted by Gasteiger charge is 2.22. The van der Waals surface area contributed by atoms with Crippen LogP contribution in [-0.4, -0.2) is 27.1 Å². The number of carbonyl (C=O) groups is 1. The first-order chi connectivity index (χ1) is 11.6. The topological polar surface area (TPSA) is 66.5 Å². The van der Waals surface area contributed by atoms with Gasteiger partial charge >= 0.3 is 0 Å². The average Bonchev–Trinajstić information content (AvgIpc) is 2.48. The maximum Gasteiger partial charge on any atom is 0.245 e. The fourth-order valence-electron chi connectivity index (χ4n) is 2.62. The van der Waals surface area contributed by atoms with Crippen LogP contribution in [0, 0.1) is 27.7 Å². The lowest BCUT2D eigenvalue weighted by Crippen LogP contribution is -2.37. The summed E-state index contributed by atoms with van der Waals surface area (Å²) < 4.78 is 25.5. The lowest BCUT2D eigenvalue weighted by molar-refractivity contribution is -0.114. The number of hydrogen-bond acceptors (Lipinski definition) is 3. The van der Waals surface area contributed by atoms with E-state index in [1.165, 1.54) is 0 Å². The van der Waals surface area contributed by atoms with Crippen molar-refractivity contribution in [1.82, 2.24) is 0 Å². The summed E-state index contributed by atoms with van der Waals surface area (Å²) in [5.74, 6) is -0.381. The van der Waals surface area contributed by atoms with Crippen LogP contribution in [0.25, 0.3) is 0 Å². The van der Waals surface area contributed by atoms with Crippen LogP contribution in [-0.2, 0) is 14.8 Å². The summed E-state index contributed by atoms with van der Waals surface area (Å²) in [6, 6.07) is 11.1. The van der Waals surface area contributed by atoms with Gasteiger partial charge in [-0.3, -0.25) is 9.10 Å². The summed E-state index contributed by atoms with van der Waals surface area (Å²) in [5.41, 5.74) is 5.21. The van der Waals surface area contributed by atoms with Gasteiger partial charge < -0.3 is 5.32 Å². The molecule has 2 aromatic carbocycles. The van der Waals surface area contributed by atoms with E-state index < -0.39 is 10.0 Å². The second-order valence-electron chi connectivity index (χ2n) is 6.41. The number of carbonyl (C=O) groups excluding carboxylic acids is 1. The van der Waals surface area contributed by atoms with Crippen molar-refractivity contribution in [3.05, 3.63) is 58.7 Å². The Morgan fingerprint density at radius 1 is 0.960 bits per heavy atom. The molecule has 0 heterocycles. The molecule has 2 rings (SSSR count). The minimum Gasteiger partial charge on any atom is -0.325 e. The van der Waals surface area contributed by atoms with E-state index >= 15 is 0 Å². The van der Waals surface area contributed by atoms with Crippen molar-refractivity contribution in [3.8, 4) is 0 Å². The van der Waals surface area contributed by atoms with Crippen LogP contribution in [0.15, 0.2) is 36.4 Å². The Labute approximate surface area is 149 Å². The second-order valence-corrected chi connectivity index (χ2v) is 8.31. The molecule has 0 fully saturated rings. The van der Waals surface area contributed by atoms with Crippen molar-refractivity contribution >= 4 is 27.3 Å². The molecule has 1 amide bonds. The molecule has 5 nitrogen and oxygen atoms in total.